The van der Waals surface area contributed by atoms with Gasteiger partial charge in [0.2, 0.25) is 5.91 Å². The Morgan fingerprint density at radius 3 is 2.67 bits per heavy atom. The molecular formula is C19H22ClN3O3S. The fraction of sp³-hybridized carbons (Fsp3) is 0.421. The lowest BCUT2D eigenvalue weighted by Crippen LogP contribution is -2.32. The lowest BCUT2D eigenvalue weighted by Gasteiger charge is -2.15. The SMILES string of the molecule is Cc1nc(COc2ccc(Cl)cc2)sc1C(=O)NCCC(=O)N1CCCC1. The van der Waals surface area contributed by atoms with Crippen LogP contribution < -0.4 is 10.1 Å². The summed E-state index contributed by atoms with van der Waals surface area (Å²) in [5.41, 5.74) is 0.665. The maximum Gasteiger partial charge on any atom is 0.263 e. The normalized spacial score (nSPS) is 13.6. The number of nitrogens with zero attached hydrogens (tertiary/aromatic N) is 2. The van der Waals surface area contributed by atoms with Gasteiger partial charge in [0.15, 0.2) is 0 Å². The van der Waals surface area contributed by atoms with Gasteiger partial charge in [-0.2, -0.15) is 0 Å². The summed E-state index contributed by atoms with van der Waals surface area (Å²) in [6.45, 7) is 4.08. The number of hydrogen-bond acceptors (Lipinski definition) is 5. The topological polar surface area (TPSA) is 71.5 Å². The minimum Gasteiger partial charge on any atom is -0.486 e. The Morgan fingerprint density at radius 1 is 1.26 bits per heavy atom. The maximum absolute atomic E-state index is 12.4. The molecule has 1 aromatic carbocycles. The summed E-state index contributed by atoms with van der Waals surface area (Å²) in [5.74, 6) is 0.599. The zero-order valence-electron chi connectivity index (χ0n) is 15.2. The van der Waals surface area contributed by atoms with E-state index >= 15 is 0 Å². The molecule has 144 valence electrons. The lowest BCUT2D eigenvalue weighted by molar-refractivity contribution is -0.129. The molecule has 1 fully saturated rings. The molecule has 0 radical (unpaired) electrons. The van der Waals surface area contributed by atoms with Crippen LogP contribution in [0, 0.1) is 6.92 Å². The van der Waals surface area contributed by atoms with Crippen LogP contribution in [0.3, 0.4) is 0 Å². The second kappa shape index (κ2) is 9.19. The molecule has 0 unspecified atom stereocenters. The smallest absolute Gasteiger partial charge is 0.263 e. The van der Waals surface area contributed by atoms with E-state index in [9.17, 15) is 9.59 Å². The molecule has 27 heavy (non-hydrogen) atoms. The third kappa shape index (κ3) is 5.43. The van der Waals surface area contributed by atoms with Crippen molar-refractivity contribution in [2.45, 2.75) is 32.8 Å². The van der Waals surface area contributed by atoms with Crippen molar-refractivity contribution in [2.75, 3.05) is 19.6 Å². The minimum absolute atomic E-state index is 0.103. The van der Waals surface area contributed by atoms with Gasteiger partial charge in [0, 0.05) is 31.1 Å². The van der Waals surface area contributed by atoms with Crippen molar-refractivity contribution in [3.63, 3.8) is 0 Å². The number of aryl methyl sites for hydroxylation is 1. The van der Waals surface area contributed by atoms with Gasteiger partial charge in [0.05, 0.1) is 5.69 Å². The van der Waals surface area contributed by atoms with Gasteiger partial charge >= 0.3 is 0 Å². The van der Waals surface area contributed by atoms with Crippen molar-refractivity contribution in [1.29, 1.82) is 0 Å². The highest BCUT2D eigenvalue weighted by molar-refractivity contribution is 7.13. The van der Waals surface area contributed by atoms with E-state index in [1.165, 1.54) is 11.3 Å². The molecule has 2 aromatic rings. The van der Waals surface area contributed by atoms with E-state index < -0.39 is 0 Å². The van der Waals surface area contributed by atoms with Crippen LogP contribution in [-0.4, -0.2) is 41.3 Å². The zero-order valence-corrected chi connectivity index (χ0v) is 16.7. The number of rotatable bonds is 7. The first-order valence-electron chi connectivity index (χ1n) is 8.93. The van der Waals surface area contributed by atoms with Crippen molar-refractivity contribution >= 4 is 34.8 Å². The first-order chi connectivity index (χ1) is 13.0. The summed E-state index contributed by atoms with van der Waals surface area (Å²) in [5, 5.41) is 4.19. The standard InChI is InChI=1S/C19H22ClN3O3S/c1-13-18(19(25)21-9-8-17(24)23-10-2-3-11-23)27-16(22-13)12-26-15-6-4-14(20)5-7-15/h4-7H,2-3,8-12H2,1H3,(H,21,25). The number of thiazole rings is 1. The highest BCUT2D eigenvalue weighted by atomic mass is 35.5. The van der Waals surface area contributed by atoms with Crippen LogP contribution in [-0.2, 0) is 11.4 Å². The Kier molecular flexibility index (Phi) is 6.68. The zero-order chi connectivity index (χ0) is 19.2. The molecule has 6 nitrogen and oxygen atoms in total. The Hall–Kier alpha value is -2.12. The number of ether oxygens (including phenoxy) is 1. The summed E-state index contributed by atoms with van der Waals surface area (Å²) in [6.07, 6.45) is 2.47. The fourth-order valence-corrected chi connectivity index (χ4v) is 3.91. The van der Waals surface area contributed by atoms with Gasteiger partial charge < -0.3 is 15.0 Å². The van der Waals surface area contributed by atoms with Gasteiger partial charge in [-0.1, -0.05) is 11.6 Å². The van der Waals surface area contributed by atoms with Crippen molar-refractivity contribution < 1.29 is 14.3 Å². The van der Waals surface area contributed by atoms with E-state index in [-0.39, 0.29) is 18.4 Å². The summed E-state index contributed by atoms with van der Waals surface area (Å²) in [7, 11) is 0. The molecule has 2 amide bonds. The van der Waals surface area contributed by atoms with E-state index in [2.05, 4.69) is 10.3 Å². The minimum atomic E-state index is -0.197. The second-order valence-corrected chi connectivity index (χ2v) is 7.88. The van der Waals surface area contributed by atoms with Crippen LogP contribution in [0.4, 0.5) is 0 Å². The second-order valence-electron chi connectivity index (χ2n) is 6.36. The molecule has 2 heterocycles. The summed E-state index contributed by atoms with van der Waals surface area (Å²) < 4.78 is 5.67. The van der Waals surface area contributed by atoms with Crippen molar-refractivity contribution in [2.24, 2.45) is 0 Å². The Morgan fingerprint density at radius 2 is 1.96 bits per heavy atom. The molecule has 1 saturated heterocycles. The average Bonchev–Trinajstić information content (AvgIpc) is 3.31. The molecule has 8 heteroatoms. The summed E-state index contributed by atoms with van der Waals surface area (Å²) >= 11 is 7.16. The van der Waals surface area contributed by atoms with Gasteiger partial charge in [-0.25, -0.2) is 4.98 Å². The van der Waals surface area contributed by atoms with Crippen LogP contribution in [0.1, 0.15) is 39.6 Å². The summed E-state index contributed by atoms with van der Waals surface area (Å²) in [6, 6.07) is 7.08. The molecule has 0 bridgehead atoms. The van der Waals surface area contributed by atoms with E-state index in [4.69, 9.17) is 16.3 Å². The molecule has 1 aromatic heterocycles. The van der Waals surface area contributed by atoms with Gasteiger partial charge in [0.25, 0.3) is 5.91 Å². The Bertz CT molecular complexity index is 801. The number of nitrogens with one attached hydrogen (secondary N) is 1. The molecule has 0 aliphatic carbocycles. The van der Waals surface area contributed by atoms with Gasteiger partial charge in [-0.05, 0) is 44.0 Å². The molecule has 3 rings (SSSR count). The van der Waals surface area contributed by atoms with E-state index in [1.54, 1.807) is 31.2 Å². The molecule has 0 spiro atoms. The number of benzene rings is 1. The number of halogens is 1. The Balaban J connectivity index is 1.48. The molecule has 0 saturated carbocycles. The monoisotopic (exact) mass is 407 g/mol. The Labute approximate surface area is 167 Å². The number of carbonyl (C=O) groups excluding carboxylic acids is 2. The van der Waals surface area contributed by atoms with Gasteiger partial charge in [0.1, 0.15) is 22.2 Å². The highest BCUT2D eigenvalue weighted by Crippen LogP contribution is 2.21. The van der Waals surface area contributed by atoms with Crippen LogP contribution in [0.15, 0.2) is 24.3 Å². The van der Waals surface area contributed by atoms with Crippen LogP contribution in [0.5, 0.6) is 5.75 Å². The average molecular weight is 408 g/mol. The van der Waals surface area contributed by atoms with Crippen molar-refractivity contribution in [1.82, 2.24) is 15.2 Å². The number of carbonyl (C=O) groups is 2. The molecule has 1 aliphatic rings. The number of aromatic nitrogens is 1. The quantitative estimate of drug-likeness (QED) is 0.763. The van der Waals surface area contributed by atoms with E-state index in [0.717, 1.165) is 30.9 Å². The van der Waals surface area contributed by atoms with Crippen LogP contribution in [0.2, 0.25) is 5.02 Å². The number of likely N-dealkylation sites (tertiary alicyclic amines) is 1. The maximum atomic E-state index is 12.4. The first kappa shape index (κ1) is 19.6. The third-order valence-corrected chi connectivity index (χ3v) is 5.69. The predicted molar refractivity (Wildman–Crippen MR) is 105 cm³/mol. The van der Waals surface area contributed by atoms with Gasteiger partial charge in [-0.3, -0.25) is 9.59 Å². The lowest BCUT2D eigenvalue weighted by atomic mass is 10.3. The fourth-order valence-electron chi connectivity index (χ4n) is 2.89. The molecule has 0 atom stereocenters. The van der Waals surface area contributed by atoms with Crippen LogP contribution >= 0.6 is 22.9 Å². The third-order valence-electron chi connectivity index (χ3n) is 4.31. The van der Waals surface area contributed by atoms with Gasteiger partial charge in [-0.15, -0.1) is 11.3 Å². The summed E-state index contributed by atoms with van der Waals surface area (Å²) in [4.78, 5) is 31.2. The predicted octanol–water partition coefficient (Wildman–Crippen LogP) is 3.43. The first-order valence-corrected chi connectivity index (χ1v) is 10.1. The largest absolute Gasteiger partial charge is 0.486 e. The van der Waals surface area contributed by atoms with Crippen molar-refractivity contribution in [3.8, 4) is 5.75 Å². The van der Waals surface area contributed by atoms with Crippen LogP contribution in [0.25, 0.3) is 0 Å². The number of hydrogen-bond donors (Lipinski definition) is 1. The van der Waals surface area contributed by atoms with Crippen molar-refractivity contribution in [3.05, 3.63) is 44.9 Å². The van der Waals surface area contributed by atoms with E-state index in [0.29, 0.717) is 34.3 Å². The van der Waals surface area contributed by atoms with E-state index in [1.807, 2.05) is 4.90 Å². The molecular weight excluding hydrogens is 386 g/mol. The molecule has 1 N–H and O–H groups in total. The number of amides is 2. The molecule has 1 aliphatic heterocycles. The highest BCUT2D eigenvalue weighted by Gasteiger charge is 2.19.